The summed E-state index contributed by atoms with van der Waals surface area (Å²) in [5.74, 6) is 0. The molecule has 23 heavy (non-hydrogen) atoms. The van der Waals surface area contributed by atoms with E-state index >= 15 is 0 Å². The van der Waals surface area contributed by atoms with Gasteiger partial charge in [0.25, 0.3) is 10.0 Å². The lowest BCUT2D eigenvalue weighted by molar-refractivity contribution is 0.600. The highest BCUT2D eigenvalue weighted by Gasteiger charge is 2.16. The number of sulfonamides is 1. The smallest absolute Gasteiger partial charge is 0.263 e. The first-order chi connectivity index (χ1) is 11.0. The van der Waals surface area contributed by atoms with E-state index in [0.29, 0.717) is 6.42 Å². The molecule has 0 aliphatic rings. The molecule has 0 atom stereocenters. The highest BCUT2D eigenvalue weighted by molar-refractivity contribution is 7.93. The lowest BCUT2D eigenvalue weighted by Gasteiger charge is -2.03. The lowest BCUT2D eigenvalue weighted by Crippen LogP contribution is -2.12. The summed E-state index contributed by atoms with van der Waals surface area (Å²) in [6.45, 7) is 2.03. The van der Waals surface area contributed by atoms with Crippen LogP contribution in [0.25, 0.3) is 0 Å². The fourth-order valence-corrected chi connectivity index (χ4v) is 3.89. The van der Waals surface area contributed by atoms with Crippen molar-refractivity contribution < 1.29 is 8.42 Å². The van der Waals surface area contributed by atoms with Crippen molar-refractivity contribution in [3.63, 3.8) is 0 Å². The average molecular weight is 346 g/mol. The van der Waals surface area contributed by atoms with Crippen molar-refractivity contribution in [1.29, 1.82) is 0 Å². The van der Waals surface area contributed by atoms with E-state index in [0.717, 1.165) is 10.6 Å². The monoisotopic (exact) mass is 346 g/mol. The second kappa shape index (κ2) is 6.43. The lowest BCUT2D eigenvalue weighted by atomic mass is 10.1. The first-order valence-corrected chi connectivity index (χ1v) is 9.14. The fourth-order valence-electron chi connectivity index (χ4n) is 1.93. The molecule has 1 N–H and O–H groups in total. The van der Waals surface area contributed by atoms with Crippen LogP contribution in [-0.2, 0) is 16.4 Å². The summed E-state index contributed by atoms with van der Waals surface area (Å²) >= 11 is 1.22. The van der Waals surface area contributed by atoms with E-state index in [9.17, 15) is 8.42 Å². The van der Waals surface area contributed by atoms with Gasteiger partial charge < -0.3 is 0 Å². The first-order valence-electron chi connectivity index (χ1n) is 6.84. The van der Waals surface area contributed by atoms with E-state index in [2.05, 4.69) is 19.9 Å². The largest absolute Gasteiger partial charge is 0.265 e. The van der Waals surface area contributed by atoms with Gasteiger partial charge in [-0.2, -0.15) is 0 Å². The zero-order chi connectivity index (χ0) is 16.3. The average Bonchev–Trinajstić information content (AvgIpc) is 2.97. The minimum absolute atomic E-state index is 0.0929. The maximum atomic E-state index is 12.2. The maximum absolute atomic E-state index is 12.2. The summed E-state index contributed by atoms with van der Waals surface area (Å²) in [6.07, 6.45) is 3.42. The molecule has 0 aliphatic heterocycles. The van der Waals surface area contributed by atoms with Crippen LogP contribution in [0.2, 0.25) is 0 Å². The number of nitrogens with zero attached hydrogens (tertiary/aromatic N) is 3. The molecule has 0 bridgehead atoms. The van der Waals surface area contributed by atoms with E-state index in [1.807, 2.05) is 31.2 Å². The van der Waals surface area contributed by atoms with Crippen LogP contribution in [0.15, 0.2) is 53.7 Å². The van der Waals surface area contributed by atoms with Crippen LogP contribution in [-0.4, -0.2) is 23.6 Å². The van der Waals surface area contributed by atoms with Crippen molar-refractivity contribution in [2.24, 2.45) is 0 Å². The minimum Gasteiger partial charge on any atom is -0.263 e. The molecule has 1 aromatic carbocycles. The Morgan fingerprint density at radius 2 is 1.91 bits per heavy atom. The Labute approximate surface area is 138 Å². The zero-order valence-electron chi connectivity index (χ0n) is 12.3. The molecule has 0 amide bonds. The van der Waals surface area contributed by atoms with Gasteiger partial charge in [0, 0.05) is 18.8 Å². The topological polar surface area (TPSA) is 84.8 Å². The Bertz CT molecular complexity index is 891. The molecule has 118 valence electrons. The van der Waals surface area contributed by atoms with E-state index in [1.54, 1.807) is 6.07 Å². The van der Waals surface area contributed by atoms with Crippen LogP contribution in [0.1, 0.15) is 16.1 Å². The summed E-state index contributed by atoms with van der Waals surface area (Å²) in [5, 5.41) is 8.93. The van der Waals surface area contributed by atoms with Crippen molar-refractivity contribution in [3.05, 3.63) is 64.9 Å². The van der Waals surface area contributed by atoms with Crippen LogP contribution in [0, 0.1) is 6.92 Å². The van der Waals surface area contributed by atoms with Gasteiger partial charge in [0.1, 0.15) is 9.90 Å². The number of pyridine rings is 1. The number of nitrogens with one attached hydrogen (secondary N) is 1. The van der Waals surface area contributed by atoms with Gasteiger partial charge in [-0.3, -0.25) is 9.71 Å². The van der Waals surface area contributed by atoms with Crippen molar-refractivity contribution in [2.75, 3.05) is 4.72 Å². The van der Waals surface area contributed by atoms with Crippen LogP contribution < -0.4 is 4.72 Å². The van der Waals surface area contributed by atoms with E-state index in [1.165, 1.54) is 35.4 Å². The SMILES string of the molecule is Cc1ccc(Cc2nnc(NS(=O)(=O)c3cccnc3)s2)cc1. The summed E-state index contributed by atoms with van der Waals surface area (Å²) in [7, 11) is -3.68. The molecule has 6 nitrogen and oxygen atoms in total. The molecule has 2 aromatic heterocycles. The quantitative estimate of drug-likeness (QED) is 0.767. The Morgan fingerprint density at radius 1 is 1.13 bits per heavy atom. The van der Waals surface area contributed by atoms with E-state index < -0.39 is 10.0 Å². The molecule has 0 fully saturated rings. The van der Waals surface area contributed by atoms with Crippen LogP contribution in [0.5, 0.6) is 0 Å². The number of anilines is 1. The molecule has 0 spiro atoms. The molecule has 0 radical (unpaired) electrons. The Kier molecular flexibility index (Phi) is 4.35. The zero-order valence-corrected chi connectivity index (χ0v) is 13.9. The summed E-state index contributed by atoms with van der Waals surface area (Å²) in [5.41, 5.74) is 2.30. The van der Waals surface area contributed by atoms with Crippen LogP contribution in [0.4, 0.5) is 5.13 Å². The second-order valence-corrected chi connectivity index (χ2v) is 7.70. The normalized spacial score (nSPS) is 11.3. The molecule has 3 rings (SSSR count). The molecule has 3 aromatic rings. The highest BCUT2D eigenvalue weighted by Crippen LogP contribution is 2.21. The number of benzene rings is 1. The standard InChI is InChI=1S/C15H14N4O2S2/c1-11-4-6-12(7-5-11)9-14-17-18-15(22-14)19-23(20,21)13-3-2-8-16-10-13/h2-8,10H,9H2,1H3,(H,18,19). The highest BCUT2D eigenvalue weighted by atomic mass is 32.2. The van der Waals surface area contributed by atoms with Gasteiger partial charge in [0.2, 0.25) is 5.13 Å². The first kappa shape index (κ1) is 15.6. The number of hydrogen-bond acceptors (Lipinski definition) is 6. The Morgan fingerprint density at radius 3 is 2.61 bits per heavy atom. The van der Waals surface area contributed by atoms with Crippen LogP contribution in [0.3, 0.4) is 0 Å². The Balaban J connectivity index is 1.73. The van der Waals surface area contributed by atoms with Gasteiger partial charge in [-0.25, -0.2) is 8.42 Å². The summed E-state index contributed by atoms with van der Waals surface area (Å²) < 4.78 is 26.8. The van der Waals surface area contributed by atoms with Crippen molar-refractivity contribution >= 4 is 26.5 Å². The van der Waals surface area contributed by atoms with Crippen molar-refractivity contribution in [3.8, 4) is 0 Å². The van der Waals surface area contributed by atoms with Crippen molar-refractivity contribution in [2.45, 2.75) is 18.2 Å². The molecule has 0 aliphatic carbocycles. The molecule has 0 unspecified atom stereocenters. The summed E-state index contributed by atoms with van der Waals surface area (Å²) in [6, 6.07) is 11.2. The third kappa shape index (κ3) is 3.91. The number of hydrogen-bond donors (Lipinski definition) is 1. The van der Waals surface area contributed by atoms with E-state index in [4.69, 9.17) is 0 Å². The number of rotatable bonds is 5. The second-order valence-electron chi connectivity index (χ2n) is 4.96. The minimum atomic E-state index is -3.68. The number of aromatic nitrogens is 3. The molecule has 2 heterocycles. The molecular weight excluding hydrogens is 332 g/mol. The Hall–Kier alpha value is -2.32. The molecule has 8 heteroatoms. The van der Waals surface area contributed by atoms with Gasteiger partial charge in [-0.15, -0.1) is 10.2 Å². The van der Waals surface area contributed by atoms with Gasteiger partial charge in [0.15, 0.2) is 0 Å². The number of aryl methyl sites for hydroxylation is 1. The summed E-state index contributed by atoms with van der Waals surface area (Å²) in [4.78, 5) is 3.90. The molecule has 0 saturated carbocycles. The van der Waals surface area contributed by atoms with E-state index in [-0.39, 0.29) is 10.0 Å². The van der Waals surface area contributed by atoms with Gasteiger partial charge in [-0.1, -0.05) is 41.2 Å². The van der Waals surface area contributed by atoms with Crippen LogP contribution >= 0.6 is 11.3 Å². The van der Waals surface area contributed by atoms with Gasteiger partial charge in [0.05, 0.1) is 0 Å². The molecular formula is C15H14N4O2S2. The maximum Gasteiger partial charge on any atom is 0.265 e. The third-order valence-electron chi connectivity index (χ3n) is 3.11. The predicted molar refractivity (Wildman–Crippen MR) is 88.9 cm³/mol. The fraction of sp³-hybridized carbons (Fsp3) is 0.133. The van der Waals surface area contributed by atoms with Crippen molar-refractivity contribution in [1.82, 2.24) is 15.2 Å². The van der Waals surface area contributed by atoms with Gasteiger partial charge >= 0.3 is 0 Å². The predicted octanol–water partition coefficient (Wildman–Crippen LogP) is 2.63. The third-order valence-corrected chi connectivity index (χ3v) is 5.40. The molecule has 0 saturated heterocycles. The van der Waals surface area contributed by atoms with Gasteiger partial charge in [-0.05, 0) is 24.6 Å².